The Bertz CT molecular complexity index is 639. The number of hydrogen-bond acceptors (Lipinski definition) is 2. The molecule has 2 aromatic rings. The minimum Gasteiger partial charge on any atom is -0.335 e. The van der Waals surface area contributed by atoms with E-state index >= 15 is 4.39 Å². The molecule has 3 rings (SSSR count). The average molecular weight is 284 g/mol. The molecule has 1 unspecified atom stereocenters. The van der Waals surface area contributed by atoms with E-state index in [9.17, 15) is 4.79 Å². The Labute approximate surface area is 123 Å². The van der Waals surface area contributed by atoms with Crippen LogP contribution in [0.1, 0.15) is 34.3 Å². The van der Waals surface area contributed by atoms with Crippen LogP contribution in [0.25, 0.3) is 0 Å². The summed E-state index contributed by atoms with van der Waals surface area (Å²) in [5.41, 5.74) is 2.22. The van der Waals surface area contributed by atoms with Crippen molar-refractivity contribution in [3.63, 3.8) is 0 Å². The van der Waals surface area contributed by atoms with Crippen molar-refractivity contribution < 1.29 is 13.9 Å². The fraction of sp³-hybridized carbons (Fsp3) is 0.278. The molecule has 0 radical (unpaired) electrons. The van der Waals surface area contributed by atoms with Gasteiger partial charge in [-0.1, -0.05) is 54.6 Å². The number of alkyl halides is 1. The Balaban J connectivity index is 1.82. The van der Waals surface area contributed by atoms with Gasteiger partial charge in [-0.25, -0.2) is 4.39 Å². The predicted molar refractivity (Wildman–Crippen MR) is 78.8 cm³/mol. The van der Waals surface area contributed by atoms with E-state index in [0.717, 1.165) is 11.1 Å². The van der Waals surface area contributed by atoms with E-state index in [4.69, 9.17) is 4.74 Å². The van der Waals surface area contributed by atoms with Crippen molar-refractivity contribution in [2.24, 2.45) is 0 Å². The zero-order chi connectivity index (χ0) is 14.7. The zero-order valence-electron chi connectivity index (χ0n) is 11.7. The van der Waals surface area contributed by atoms with Gasteiger partial charge < -0.3 is 4.74 Å². The van der Waals surface area contributed by atoms with Crippen LogP contribution < -0.4 is 0 Å². The molecule has 0 fully saturated rings. The molecule has 1 atom stereocenters. The Kier molecular flexibility index (Phi) is 3.84. The second-order valence-electron chi connectivity index (χ2n) is 5.34. The summed E-state index contributed by atoms with van der Waals surface area (Å²) < 4.78 is 20.4. The maximum absolute atomic E-state index is 15.0. The number of aryl methyl sites for hydroxylation is 1. The lowest BCUT2D eigenvalue weighted by molar-refractivity contribution is -0.123. The Morgan fingerprint density at radius 3 is 2.57 bits per heavy atom. The van der Waals surface area contributed by atoms with E-state index in [1.165, 1.54) is 0 Å². The number of carbonyl (C=O) groups is 1. The van der Waals surface area contributed by atoms with E-state index < -0.39 is 11.6 Å². The monoisotopic (exact) mass is 284 g/mol. The molecule has 21 heavy (non-hydrogen) atoms. The summed E-state index contributed by atoms with van der Waals surface area (Å²) in [5, 5.41) is 0. The molecule has 0 spiro atoms. The number of ketones is 1. The van der Waals surface area contributed by atoms with E-state index in [-0.39, 0.29) is 13.0 Å². The van der Waals surface area contributed by atoms with Crippen LogP contribution in [0.5, 0.6) is 0 Å². The third-order valence-electron chi connectivity index (χ3n) is 3.86. The summed E-state index contributed by atoms with van der Waals surface area (Å²) in [7, 11) is 0. The number of hydrogen-bond donors (Lipinski definition) is 0. The molecular formula is C18H17FO2. The van der Waals surface area contributed by atoms with E-state index in [2.05, 4.69) is 0 Å². The van der Waals surface area contributed by atoms with Crippen molar-refractivity contribution in [3.8, 4) is 0 Å². The summed E-state index contributed by atoms with van der Waals surface area (Å²) in [4.78, 5) is 12.5. The molecule has 0 saturated carbocycles. The van der Waals surface area contributed by atoms with Crippen molar-refractivity contribution in [2.75, 3.05) is 0 Å². The topological polar surface area (TPSA) is 26.3 Å². The van der Waals surface area contributed by atoms with Crippen LogP contribution in [0.3, 0.4) is 0 Å². The van der Waals surface area contributed by atoms with Crippen LogP contribution in [-0.2, 0) is 17.8 Å². The molecule has 3 heteroatoms. The van der Waals surface area contributed by atoms with Gasteiger partial charge in [0.25, 0.3) is 5.85 Å². The summed E-state index contributed by atoms with van der Waals surface area (Å²) in [6.45, 7) is 0.102. The molecule has 0 bridgehead atoms. The van der Waals surface area contributed by atoms with Crippen LogP contribution in [-0.4, -0.2) is 11.6 Å². The van der Waals surface area contributed by atoms with Gasteiger partial charge in [-0.05, 0) is 24.0 Å². The van der Waals surface area contributed by atoms with Gasteiger partial charge in [0, 0.05) is 12.0 Å². The van der Waals surface area contributed by atoms with Gasteiger partial charge in [-0.3, -0.25) is 4.79 Å². The molecule has 108 valence electrons. The van der Waals surface area contributed by atoms with Gasteiger partial charge in [-0.2, -0.15) is 0 Å². The fourth-order valence-corrected chi connectivity index (χ4v) is 2.69. The van der Waals surface area contributed by atoms with Crippen molar-refractivity contribution in [1.29, 1.82) is 0 Å². The molecule has 2 aromatic carbocycles. The van der Waals surface area contributed by atoms with Gasteiger partial charge in [0.15, 0.2) is 0 Å². The Hall–Kier alpha value is -2.00. The third-order valence-corrected chi connectivity index (χ3v) is 3.86. The van der Waals surface area contributed by atoms with E-state index in [0.29, 0.717) is 18.4 Å². The quantitative estimate of drug-likeness (QED) is 0.794. The summed E-state index contributed by atoms with van der Waals surface area (Å²) in [6.07, 6.45) is 1.42. The molecule has 0 amide bonds. The van der Waals surface area contributed by atoms with Gasteiger partial charge in [0.05, 0.1) is 6.61 Å². The highest BCUT2D eigenvalue weighted by Gasteiger charge is 2.42. The summed E-state index contributed by atoms with van der Waals surface area (Å²) >= 11 is 0. The highest BCUT2D eigenvalue weighted by atomic mass is 19.2. The highest BCUT2D eigenvalue weighted by Crippen LogP contribution is 2.32. The zero-order valence-corrected chi connectivity index (χ0v) is 11.7. The average Bonchev–Trinajstić information content (AvgIpc) is 2.65. The van der Waals surface area contributed by atoms with Crippen LogP contribution in [0, 0.1) is 0 Å². The lowest BCUT2D eigenvalue weighted by atomic mass is 10.0. The lowest BCUT2D eigenvalue weighted by Crippen LogP contribution is -2.36. The molecule has 2 nitrogen and oxygen atoms in total. The molecule has 0 aromatic heterocycles. The van der Waals surface area contributed by atoms with Gasteiger partial charge in [-0.15, -0.1) is 0 Å². The van der Waals surface area contributed by atoms with Crippen molar-refractivity contribution in [3.05, 3.63) is 71.3 Å². The van der Waals surface area contributed by atoms with Crippen LogP contribution in [0.15, 0.2) is 54.6 Å². The van der Waals surface area contributed by atoms with Gasteiger partial charge in [0.1, 0.15) is 0 Å². The first kappa shape index (κ1) is 14.0. The van der Waals surface area contributed by atoms with Crippen LogP contribution in [0.4, 0.5) is 4.39 Å². The molecular weight excluding hydrogens is 267 g/mol. The normalized spacial score (nSPS) is 21.7. The van der Waals surface area contributed by atoms with Crippen LogP contribution >= 0.6 is 0 Å². The smallest absolute Gasteiger partial charge is 0.273 e. The second-order valence-corrected chi connectivity index (χ2v) is 5.34. The molecule has 0 heterocycles. The SMILES string of the molecule is O=C1c2ccccc2CCCC1(F)OCc1ccccc1. The van der Waals surface area contributed by atoms with Crippen molar-refractivity contribution in [2.45, 2.75) is 31.7 Å². The van der Waals surface area contributed by atoms with Crippen LogP contribution in [0.2, 0.25) is 0 Å². The summed E-state index contributed by atoms with van der Waals surface area (Å²) in [5.74, 6) is -2.77. The third kappa shape index (κ3) is 2.88. The molecule has 0 aliphatic heterocycles. The number of rotatable bonds is 3. The first-order valence-corrected chi connectivity index (χ1v) is 7.18. The first-order valence-electron chi connectivity index (χ1n) is 7.18. The van der Waals surface area contributed by atoms with E-state index in [1.54, 1.807) is 12.1 Å². The minimum atomic E-state index is -2.22. The second kappa shape index (κ2) is 5.78. The fourth-order valence-electron chi connectivity index (χ4n) is 2.69. The lowest BCUT2D eigenvalue weighted by Gasteiger charge is -2.23. The molecule has 1 aliphatic carbocycles. The molecule has 0 N–H and O–H groups in total. The largest absolute Gasteiger partial charge is 0.335 e. The van der Waals surface area contributed by atoms with Crippen molar-refractivity contribution >= 4 is 5.78 Å². The maximum Gasteiger partial charge on any atom is 0.273 e. The number of halogens is 1. The van der Waals surface area contributed by atoms with E-state index in [1.807, 2.05) is 42.5 Å². The Morgan fingerprint density at radius 2 is 1.76 bits per heavy atom. The molecule has 1 aliphatic rings. The van der Waals surface area contributed by atoms with Crippen molar-refractivity contribution in [1.82, 2.24) is 0 Å². The Morgan fingerprint density at radius 1 is 1.05 bits per heavy atom. The predicted octanol–water partition coefficient (Wildman–Crippen LogP) is 4.09. The number of benzene rings is 2. The minimum absolute atomic E-state index is 0.102. The standard InChI is InChI=1S/C18H17FO2/c19-18(21-13-14-7-2-1-3-8-14)12-6-10-15-9-4-5-11-16(15)17(18)20/h1-5,7-9,11H,6,10,12-13H2. The number of fused-ring (bicyclic) bond motifs is 1. The van der Waals surface area contributed by atoms with Gasteiger partial charge in [0.2, 0.25) is 5.78 Å². The number of Topliss-reactive ketones (excluding diaryl/α,β-unsaturated/α-hetero) is 1. The number of carbonyl (C=O) groups excluding carboxylic acids is 1. The number of ether oxygens (including phenoxy) is 1. The highest BCUT2D eigenvalue weighted by molar-refractivity contribution is 6.02. The van der Waals surface area contributed by atoms with Gasteiger partial charge >= 0.3 is 0 Å². The first-order chi connectivity index (χ1) is 10.2. The molecule has 0 saturated heterocycles. The maximum atomic E-state index is 15.0. The summed E-state index contributed by atoms with van der Waals surface area (Å²) in [6, 6.07) is 16.6.